The summed E-state index contributed by atoms with van der Waals surface area (Å²) in [6, 6.07) is 11.8. The van der Waals surface area contributed by atoms with Crippen LogP contribution in [0.3, 0.4) is 0 Å². The number of halogens is 1. The van der Waals surface area contributed by atoms with Crippen LogP contribution in [0.15, 0.2) is 42.6 Å². The van der Waals surface area contributed by atoms with Crippen molar-refractivity contribution in [3.05, 3.63) is 47.6 Å². The number of nitrogen functional groups attached to an aromatic ring is 1. The largest absolute Gasteiger partial charge is 0.384 e. The molecule has 1 aromatic carbocycles. The molecule has 2 nitrogen and oxygen atoms in total. The number of benzene rings is 1. The number of fused-ring (bicyclic) bond motifs is 1. The Labute approximate surface area is 108 Å². The van der Waals surface area contributed by atoms with Crippen molar-refractivity contribution in [1.29, 1.82) is 0 Å². The molecule has 0 unspecified atom stereocenters. The molecule has 0 aliphatic carbocycles. The predicted octanol–water partition coefficient (Wildman–Crippen LogP) is 4.20. The molecule has 0 aliphatic rings. The van der Waals surface area contributed by atoms with Crippen molar-refractivity contribution in [3.8, 4) is 10.4 Å². The summed E-state index contributed by atoms with van der Waals surface area (Å²) in [5.74, 6) is 0.535. The Morgan fingerprint density at radius 2 is 2.06 bits per heavy atom. The Balaban J connectivity index is 2.18. The number of nitrogens with two attached hydrogens (primary N) is 1. The van der Waals surface area contributed by atoms with Gasteiger partial charge in [-0.15, -0.1) is 11.3 Å². The third-order valence-corrected chi connectivity index (χ3v) is 4.23. The number of aromatic nitrogens is 1. The molecule has 0 bridgehead atoms. The molecule has 3 rings (SSSR count). The highest BCUT2D eigenvalue weighted by molar-refractivity contribution is 7.22. The van der Waals surface area contributed by atoms with Crippen LogP contribution in [0.25, 0.3) is 20.5 Å². The summed E-state index contributed by atoms with van der Waals surface area (Å²) in [5.41, 5.74) is 6.64. The smallest absolute Gasteiger partial charge is 0.123 e. The highest BCUT2D eigenvalue weighted by atomic mass is 35.5. The molecule has 2 N–H and O–H groups in total. The van der Waals surface area contributed by atoms with E-state index in [0.29, 0.717) is 5.82 Å². The summed E-state index contributed by atoms with van der Waals surface area (Å²) in [7, 11) is 0. The molecule has 0 aliphatic heterocycles. The summed E-state index contributed by atoms with van der Waals surface area (Å²) in [5, 5.41) is 1.96. The summed E-state index contributed by atoms with van der Waals surface area (Å²) < 4.78 is 1.11. The maximum atomic E-state index is 6.16. The zero-order valence-electron chi connectivity index (χ0n) is 8.85. The first-order chi connectivity index (χ1) is 8.24. The number of anilines is 1. The first-order valence-corrected chi connectivity index (χ1v) is 6.33. The molecule has 0 spiro atoms. The predicted molar refractivity (Wildman–Crippen MR) is 74.5 cm³/mol. The first-order valence-electron chi connectivity index (χ1n) is 5.14. The summed E-state index contributed by atoms with van der Waals surface area (Å²) in [6.07, 6.45) is 1.79. The lowest BCUT2D eigenvalue weighted by molar-refractivity contribution is 1.34. The van der Waals surface area contributed by atoms with E-state index in [1.54, 1.807) is 23.6 Å². The van der Waals surface area contributed by atoms with E-state index >= 15 is 0 Å². The topological polar surface area (TPSA) is 38.9 Å². The molecule has 0 fully saturated rings. The van der Waals surface area contributed by atoms with E-state index in [-0.39, 0.29) is 0 Å². The molecule has 84 valence electrons. The van der Waals surface area contributed by atoms with Gasteiger partial charge in [0.05, 0.1) is 9.72 Å². The lowest BCUT2D eigenvalue weighted by Gasteiger charge is -1.96. The van der Waals surface area contributed by atoms with Crippen molar-refractivity contribution >= 4 is 38.8 Å². The minimum atomic E-state index is 0.535. The number of rotatable bonds is 1. The molecule has 2 heterocycles. The van der Waals surface area contributed by atoms with E-state index < -0.39 is 0 Å². The van der Waals surface area contributed by atoms with Crippen LogP contribution in [0.5, 0.6) is 0 Å². The second kappa shape index (κ2) is 4.02. The molecular weight excluding hydrogens is 252 g/mol. The quantitative estimate of drug-likeness (QED) is 0.712. The van der Waals surface area contributed by atoms with E-state index in [1.807, 2.05) is 18.2 Å². The van der Waals surface area contributed by atoms with E-state index in [0.717, 1.165) is 25.5 Å². The maximum absolute atomic E-state index is 6.16. The molecule has 4 heteroatoms. The molecule has 2 aromatic heterocycles. The molecule has 0 saturated carbocycles. The summed E-state index contributed by atoms with van der Waals surface area (Å²) in [6.45, 7) is 0. The number of hydrogen-bond donors (Lipinski definition) is 1. The zero-order valence-corrected chi connectivity index (χ0v) is 10.4. The van der Waals surface area contributed by atoms with Gasteiger partial charge in [0.1, 0.15) is 5.82 Å². The molecule has 0 saturated heterocycles. The highest BCUT2D eigenvalue weighted by Crippen LogP contribution is 2.36. The third-order valence-electron chi connectivity index (χ3n) is 2.57. The third kappa shape index (κ3) is 1.88. The molecular formula is C13H9ClN2S. The number of pyridine rings is 1. The van der Waals surface area contributed by atoms with Crippen LogP contribution in [0.1, 0.15) is 0 Å². The highest BCUT2D eigenvalue weighted by Gasteiger charge is 2.06. The van der Waals surface area contributed by atoms with E-state index in [9.17, 15) is 0 Å². The molecule has 0 radical (unpaired) electrons. The van der Waals surface area contributed by atoms with Gasteiger partial charge in [0.25, 0.3) is 0 Å². The van der Waals surface area contributed by atoms with Gasteiger partial charge in [-0.05, 0) is 29.7 Å². The van der Waals surface area contributed by atoms with Crippen LogP contribution in [0.2, 0.25) is 5.02 Å². The van der Waals surface area contributed by atoms with Crippen molar-refractivity contribution in [2.75, 3.05) is 5.73 Å². The Kier molecular flexibility index (Phi) is 2.50. The van der Waals surface area contributed by atoms with Gasteiger partial charge in [0, 0.05) is 16.6 Å². The monoisotopic (exact) mass is 260 g/mol. The van der Waals surface area contributed by atoms with Crippen LogP contribution in [-0.2, 0) is 0 Å². The van der Waals surface area contributed by atoms with Crippen molar-refractivity contribution in [2.24, 2.45) is 0 Å². The molecule has 17 heavy (non-hydrogen) atoms. The SMILES string of the molecule is Nc1ccc(-c2cc3cccc(Cl)c3s2)cn1. The van der Waals surface area contributed by atoms with Gasteiger partial charge in [-0.25, -0.2) is 4.98 Å². The Bertz CT molecular complexity index is 673. The Morgan fingerprint density at radius 3 is 2.76 bits per heavy atom. The molecule has 0 atom stereocenters. The number of thiophene rings is 1. The van der Waals surface area contributed by atoms with Gasteiger partial charge in [-0.3, -0.25) is 0 Å². The van der Waals surface area contributed by atoms with Gasteiger partial charge in [-0.1, -0.05) is 23.7 Å². The average molecular weight is 261 g/mol. The minimum Gasteiger partial charge on any atom is -0.384 e. The second-order valence-electron chi connectivity index (χ2n) is 3.74. The first kappa shape index (κ1) is 10.6. The standard InChI is InChI=1S/C13H9ClN2S/c14-10-3-1-2-8-6-11(17-13(8)10)9-4-5-12(15)16-7-9/h1-7H,(H2,15,16). The fourth-order valence-corrected chi connectivity index (χ4v) is 3.07. The van der Waals surface area contributed by atoms with E-state index in [4.69, 9.17) is 17.3 Å². The van der Waals surface area contributed by atoms with Crippen molar-refractivity contribution in [1.82, 2.24) is 4.98 Å². The normalized spacial score (nSPS) is 10.9. The Morgan fingerprint density at radius 1 is 1.18 bits per heavy atom. The molecule has 3 aromatic rings. The van der Waals surface area contributed by atoms with Gasteiger partial charge in [0.15, 0.2) is 0 Å². The van der Waals surface area contributed by atoms with Crippen LogP contribution in [-0.4, -0.2) is 4.98 Å². The average Bonchev–Trinajstić information content (AvgIpc) is 2.75. The fraction of sp³-hybridized carbons (Fsp3) is 0. The fourth-order valence-electron chi connectivity index (χ4n) is 1.72. The number of nitrogens with zero attached hydrogens (tertiary/aromatic N) is 1. The maximum Gasteiger partial charge on any atom is 0.123 e. The van der Waals surface area contributed by atoms with Crippen LogP contribution in [0, 0.1) is 0 Å². The second-order valence-corrected chi connectivity index (χ2v) is 5.20. The number of hydrogen-bond acceptors (Lipinski definition) is 3. The summed E-state index contributed by atoms with van der Waals surface area (Å²) >= 11 is 7.83. The van der Waals surface area contributed by atoms with Gasteiger partial charge >= 0.3 is 0 Å². The summed E-state index contributed by atoms with van der Waals surface area (Å²) in [4.78, 5) is 5.25. The lowest BCUT2D eigenvalue weighted by Crippen LogP contribution is -1.87. The van der Waals surface area contributed by atoms with Gasteiger partial charge in [-0.2, -0.15) is 0 Å². The molecule has 0 amide bonds. The lowest BCUT2D eigenvalue weighted by atomic mass is 10.2. The van der Waals surface area contributed by atoms with Gasteiger partial charge in [0.2, 0.25) is 0 Å². The van der Waals surface area contributed by atoms with E-state index in [2.05, 4.69) is 17.1 Å². The zero-order chi connectivity index (χ0) is 11.8. The minimum absolute atomic E-state index is 0.535. The van der Waals surface area contributed by atoms with Gasteiger partial charge < -0.3 is 5.73 Å². The van der Waals surface area contributed by atoms with Crippen molar-refractivity contribution in [2.45, 2.75) is 0 Å². The van der Waals surface area contributed by atoms with Crippen LogP contribution in [0.4, 0.5) is 5.82 Å². The van der Waals surface area contributed by atoms with Crippen LogP contribution < -0.4 is 5.73 Å². The van der Waals surface area contributed by atoms with E-state index in [1.165, 1.54) is 0 Å². The van der Waals surface area contributed by atoms with Crippen molar-refractivity contribution in [3.63, 3.8) is 0 Å². The van der Waals surface area contributed by atoms with Crippen LogP contribution >= 0.6 is 22.9 Å². The van der Waals surface area contributed by atoms with Crippen molar-refractivity contribution < 1.29 is 0 Å². The Hall–Kier alpha value is -1.58.